The highest BCUT2D eigenvalue weighted by Gasteiger charge is 2.10. The SMILES string of the molecule is CNc1ccc(C)cc1C(=N)C(C)C. The zero-order valence-electron chi connectivity index (χ0n) is 9.31. The van der Waals surface area contributed by atoms with Crippen LogP contribution in [0.4, 0.5) is 5.69 Å². The van der Waals surface area contributed by atoms with Crippen molar-refractivity contribution in [2.75, 3.05) is 12.4 Å². The summed E-state index contributed by atoms with van der Waals surface area (Å²) in [7, 11) is 1.89. The van der Waals surface area contributed by atoms with Crippen molar-refractivity contribution in [3.8, 4) is 0 Å². The summed E-state index contributed by atoms with van der Waals surface area (Å²) in [5, 5.41) is 11.1. The third-order valence-electron chi connectivity index (χ3n) is 2.31. The average molecular weight is 190 g/mol. The Labute approximate surface area is 85.9 Å². The number of aryl methyl sites for hydroxylation is 1. The van der Waals surface area contributed by atoms with E-state index in [1.165, 1.54) is 5.56 Å². The molecule has 0 aromatic heterocycles. The molecule has 0 aliphatic heterocycles. The normalized spacial score (nSPS) is 10.4. The van der Waals surface area contributed by atoms with Gasteiger partial charge in [0.15, 0.2) is 0 Å². The van der Waals surface area contributed by atoms with Gasteiger partial charge in [-0.2, -0.15) is 0 Å². The lowest BCUT2D eigenvalue weighted by Gasteiger charge is -2.13. The highest BCUT2D eigenvalue weighted by atomic mass is 14.8. The summed E-state index contributed by atoms with van der Waals surface area (Å²) < 4.78 is 0. The first-order chi connectivity index (χ1) is 6.56. The Balaban J connectivity index is 3.17. The van der Waals surface area contributed by atoms with E-state index in [-0.39, 0.29) is 5.92 Å². The topological polar surface area (TPSA) is 35.9 Å². The van der Waals surface area contributed by atoms with Crippen molar-refractivity contribution in [3.63, 3.8) is 0 Å². The Morgan fingerprint density at radius 1 is 1.36 bits per heavy atom. The van der Waals surface area contributed by atoms with Crippen LogP contribution >= 0.6 is 0 Å². The first kappa shape index (κ1) is 10.8. The molecule has 14 heavy (non-hydrogen) atoms. The fraction of sp³-hybridized carbons (Fsp3) is 0.417. The molecule has 1 rings (SSSR count). The highest BCUT2D eigenvalue weighted by molar-refractivity contribution is 6.04. The molecule has 0 atom stereocenters. The molecule has 0 aliphatic carbocycles. The molecule has 2 N–H and O–H groups in total. The quantitative estimate of drug-likeness (QED) is 0.706. The third-order valence-corrected chi connectivity index (χ3v) is 2.31. The Hall–Kier alpha value is -1.31. The predicted octanol–water partition coefficient (Wildman–Crippen LogP) is 3.06. The van der Waals surface area contributed by atoms with Crippen LogP contribution < -0.4 is 5.32 Å². The Morgan fingerprint density at radius 2 is 2.00 bits per heavy atom. The van der Waals surface area contributed by atoms with E-state index in [4.69, 9.17) is 5.41 Å². The molecule has 76 valence electrons. The maximum Gasteiger partial charge on any atom is 0.0432 e. The van der Waals surface area contributed by atoms with E-state index < -0.39 is 0 Å². The van der Waals surface area contributed by atoms with E-state index in [1.54, 1.807) is 0 Å². The molecule has 1 aromatic carbocycles. The zero-order valence-corrected chi connectivity index (χ0v) is 9.31. The van der Waals surface area contributed by atoms with Crippen molar-refractivity contribution in [3.05, 3.63) is 29.3 Å². The van der Waals surface area contributed by atoms with Gasteiger partial charge in [-0.05, 0) is 25.0 Å². The lowest BCUT2D eigenvalue weighted by Crippen LogP contribution is -2.10. The van der Waals surface area contributed by atoms with Crippen LogP contribution in [-0.4, -0.2) is 12.8 Å². The van der Waals surface area contributed by atoms with Gasteiger partial charge in [-0.1, -0.05) is 25.5 Å². The fourth-order valence-corrected chi connectivity index (χ4v) is 1.41. The summed E-state index contributed by atoms with van der Waals surface area (Å²) in [6.45, 7) is 6.14. The largest absolute Gasteiger partial charge is 0.388 e. The average Bonchev–Trinajstić information content (AvgIpc) is 2.16. The molecule has 0 unspecified atom stereocenters. The highest BCUT2D eigenvalue weighted by Crippen LogP contribution is 2.20. The summed E-state index contributed by atoms with van der Waals surface area (Å²) >= 11 is 0. The molecule has 1 aromatic rings. The number of anilines is 1. The van der Waals surface area contributed by atoms with Crippen molar-refractivity contribution in [1.82, 2.24) is 0 Å². The number of hydrogen-bond acceptors (Lipinski definition) is 2. The van der Waals surface area contributed by atoms with Crippen LogP contribution in [0, 0.1) is 18.3 Å². The lowest BCUT2D eigenvalue weighted by atomic mass is 9.97. The maximum atomic E-state index is 7.99. The second-order valence-corrected chi connectivity index (χ2v) is 3.87. The third kappa shape index (κ3) is 2.13. The van der Waals surface area contributed by atoms with E-state index in [0.29, 0.717) is 5.71 Å². The molecule has 0 bridgehead atoms. The molecule has 0 aliphatic rings. The second kappa shape index (κ2) is 4.27. The van der Waals surface area contributed by atoms with Crippen LogP contribution in [0.2, 0.25) is 0 Å². The van der Waals surface area contributed by atoms with Gasteiger partial charge < -0.3 is 10.7 Å². The van der Waals surface area contributed by atoms with E-state index in [2.05, 4.69) is 24.4 Å². The van der Waals surface area contributed by atoms with Crippen LogP contribution in [0.1, 0.15) is 25.0 Å². The minimum absolute atomic E-state index is 0.267. The molecule has 0 saturated carbocycles. The van der Waals surface area contributed by atoms with Crippen LogP contribution in [0.3, 0.4) is 0 Å². The number of nitrogens with one attached hydrogen (secondary N) is 2. The first-order valence-corrected chi connectivity index (χ1v) is 4.93. The fourth-order valence-electron chi connectivity index (χ4n) is 1.41. The van der Waals surface area contributed by atoms with E-state index in [1.807, 2.05) is 27.0 Å². The Bertz CT molecular complexity index is 340. The predicted molar refractivity (Wildman–Crippen MR) is 62.4 cm³/mol. The zero-order chi connectivity index (χ0) is 10.7. The van der Waals surface area contributed by atoms with E-state index in [9.17, 15) is 0 Å². The first-order valence-electron chi connectivity index (χ1n) is 4.93. The summed E-state index contributed by atoms with van der Waals surface area (Å²) in [4.78, 5) is 0. The second-order valence-electron chi connectivity index (χ2n) is 3.87. The Kier molecular flexibility index (Phi) is 3.28. The molecular weight excluding hydrogens is 172 g/mol. The van der Waals surface area contributed by atoms with Gasteiger partial charge in [0.2, 0.25) is 0 Å². The van der Waals surface area contributed by atoms with E-state index in [0.717, 1.165) is 11.3 Å². The standard InChI is InChI=1S/C12H18N2/c1-8(2)12(13)10-7-9(3)5-6-11(10)14-4/h5-8,13-14H,1-4H3. The van der Waals surface area contributed by atoms with Crippen LogP contribution in [0.15, 0.2) is 18.2 Å². The number of hydrogen-bond donors (Lipinski definition) is 2. The van der Waals surface area contributed by atoms with Gasteiger partial charge in [-0.25, -0.2) is 0 Å². The van der Waals surface area contributed by atoms with Crippen molar-refractivity contribution < 1.29 is 0 Å². The molecule has 0 fully saturated rings. The van der Waals surface area contributed by atoms with Crippen molar-refractivity contribution in [2.45, 2.75) is 20.8 Å². The number of rotatable bonds is 3. The van der Waals surface area contributed by atoms with Crippen molar-refractivity contribution in [2.24, 2.45) is 5.92 Å². The maximum absolute atomic E-state index is 7.99. The summed E-state index contributed by atoms with van der Waals surface area (Å²) in [5.74, 6) is 0.267. The molecular formula is C12H18N2. The Morgan fingerprint density at radius 3 is 2.50 bits per heavy atom. The monoisotopic (exact) mass is 190 g/mol. The van der Waals surface area contributed by atoms with Crippen molar-refractivity contribution in [1.29, 1.82) is 5.41 Å². The van der Waals surface area contributed by atoms with Gasteiger partial charge in [-0.3, -0.25) is 0 Å². The molecule has 0 amide bonds. The summed E-state index contributed by atoms with van der Waals surface area (Å²) in [5.41, 5.74) is 3.94. The molecule has 0 spiro atoms. The van der Waals surface area contributed by atoms with E-state index >= 15 is 0 Å². The molecule has 2 nitrogen and oxygen atoms in total. The van der Waals surface area contributed by atoms with Gasteiger partial charge in [0.25, 0.3) is 0 Å². The minimum atomic E-state index is 0.267. The number of benzene rings is 1. The molecule has 0 saturated heterocycles. The lowest BCUT2D eigenvalue weighted by molar-refractivity contribution is 0.877. The van der Waals surface area contributed by atoms with Gasteiger partial charge in [0, 0.05) is 24.0 Å². The minimum Gasteiger partial charge on any atom is -0.388 e. The smallest absolute Gasteiger partial charge is 0.0432 e. The molecule has 0 heterocycles. The summed E-state index contributed by atoms with van der Waals surface area (Å²) in [6, 6.07) is 6.15. The van der Waals surface area contributed by atoms with Crippen molar-refractivity contribution >= 4 is 11.4 Å². The van der Waals surface area contributed by atoms with Crippen LogP contribution in [0.25, 0.3) is 0 Å². The summed E-state index contributed by atoms with van der Waals surface area (Å²) in [6.07, 6.45) is 0. The van der Waals surface area contributed by atoms with Gasteiger partial charge in [-0.15, -0.1) is 0 Å². The van der Waals surface area contributed by atoms with Crippen LogP contribution in [-0.2, 0) is 0 Å². The van der Waals surface area contributed by atoms with Gasteiger partial charge in [0.05, 0.1) is 0 Å². The molecule has 0 radical (unpaired) electrons. The van der Waals surface area contributed by atoms with Gasteiger partial charge in [0.1, 0.15) is 0 Å². The molecule has 2 heteroatoms. The van der Waals surface area contributed by atoms with Gasteiger partial charge >= 0.3 is 0 Å². The van der Waals surface area contributed by atoms with Crippen LogP contribution in [0.5, 0.6) is 0 Å².